The van der Waals surface area contributed by atoms with Gasteiger partial charge in [-0.2, -0.15) is 0 Å². The summed E-state index contributed by atoms with van der Waals surface area (Å²) in [7, 11) is 0. The fraction of sp³-hybridized carbons (Fsp3) is 0.0769. The molecule has 2 heterocycles. The number of aromatic amines is 1. The first kappa shape index (κ1) is 19.3. The lowest BCUT2D eigenvalue weighted by Gasteiger charge is -2.06. The van der Waals surface area contributed by atoms with Gasteiger partial charge in [-0.15, -0.1) is 0 Å². The minimum Gasteiger partial charge on any atom is -0.293 e. The second kappa shape index (κ2) is 8.25. The number of H-pyrrole nitrogens is 1. The molecule has 0 fully saturated rings. The quantitative estimate of drug-likeness (QED) is 0.402. The molecule has 0 saturated carbocycles. The Labute approximate surface area is 184 Å². The third-order valence-corrected chi connectivity index (χ3v) is 5.58. The van der Waals surface area contributed by atoms with Crippen LogP contribution in [-0.4, -0.2) is 14.6 Å². The average Bonchev–Trinajstić information content (AvgIpc) is 3.14. The maximum atomic E-state index is 13.0. The zero-order valence-electron chi connectivity index (χ0n) is 16.8. The second-order valence-corrected chi connectivity index (χ2v) is 7.98. The second-order valence-electron chi connectivity index (χ2n) is 7.54. The van der Waals surface area contributed by atoms with Crippen molar-refractivity contribution in [1.29, 1.82) is 0 Å². The highest BCUT2D eigenvalue weighted by atomic mass is 35.5. The van der Waals surface area contributed by atoms with Crippen molar-refractivity contribution in [3.8, 4) is 11.1 Å². The molecule has 0 radical (unpaired) electrons. The Morgan fingerprint density at radius 2 is 1.42 bits per heavy atom. The van der Waals surface area contributed by atoms with Crippen LogP contribution in [0.5, 0.6) is 0 Å². The van der Waals surface area contributed by atoms with Crippen LogP contribution >= 0.6 is 11.6 Å². The SMILES string of the molecule is O=c1cc(Cc2ccccc2)nc2c(-c3ccc(Cl)cc3)c(Cc3ccccc3)[nH]n12. The minimum atomic E-state index is -0.120. The molecule has 3 aromatic carbocycles. The van der Waals surface area contributed by atoms with Crippen LogP contribution in [0.1, 0.15) is 22.5 Å². The number of fused-ring (bicyclic) bond motifs is 1. The van der Waals surface area contributed by atoms with E-state index in [2.05, 4.69) is 17.2 Å². The van der Waals surface area contributed by atoms with Crippen molar-refractivity contribution in [1.82, 2.24) is 14.6 Å². The van der Waals surface area contributed by atoms with Gasteiger partial charge in [0.2, 0.25) is 0 Å². The maximum absolute atomic E-state index is 13.0. The minimum absolute atomic E-state index is 0.120. The van der Waals surface area contributed by atoms with Crippen LogP contribution in [0.3, 0.4) is 0 Å². The standard InChI is InChI=1S/C26H20ClN3O/c27-21-13-11-20(12-14-21)25-23(16-19-9-5-2-6-10-19)29-30-24(31)17-22(28-26(25)30)15-18-7-3-1-4-8-18/h1-14,17,29H,15-16H2. The summed E-state index contributed by atoms with van der Waals surface area (Å²) in [6.07, 6.45) is 1.27. The number of benzene rings is 3. The van der Waals surface area contributed by atoms with Crippen LogP contribution in [0.25, 0.3) is 16.8 Å². The summed E-state index contributed by atoms with van der Waals surface area (Å²) >= 11 is 6.12. The van der Waals surface area contributed by atoms with Crippen LogP contribution in [0.15, 0.2) is 95.8 Å². The molecule has 5 aromatic rings. The van der Waals surface area contributed by atoms with E-state index >= 15 is 0 Å². The lowest BCUT2D eigenvalue weighted by Crippen LogP contribution is -2.16. The third-order valence-electron chi connectivity index (χ3n) is 5.33. The van der Waals surface area contributed by atoms with Gasteiger partial charge in [-0.25, -0.2) is 9.50 Å². The topological polar surface area (TPSA) is 50.2 Å². The molecular formula is C26H20ClN3O. The Morgan fingerprint density at radius 1 is 0.806 bits per heavy atom. The van der Waals surface area contributed by atoms with E-state index in [0.717, 1.165) is 33.6 Å². The van der Waals surface area contributed by atoms with Crippen molar-refractivity contribution in [3.05, 3.63) is 129 Å². The molecule has 0 aliphatic carbocycles. The van der Waals surface area contributed by atoms with Gasteiger partial charge < -0.3 is 0 Å². The van der Waals surface area contributed by atoms with E-state index in [0.29, 0.717) is 23.5 Å². The molecule has 0 bridgehead atoms. The van der Waals surface area contributed by atoms with Crippen LogP contribution in [0.2, 0.25) is 5.02 Å². The van der Waals surface area contributed by atoms with Crippen molar-refractivity contribution in [2.45, 2.75) is 12.8 Å². The van der Waals surface area contributed by atoms with Crippen LogP contribution in [0, 0.1) is 0 Å². The summed E-state index contributed by atoms with van der Waals surface area (Å²) in [5.74, 6) is 0. The highest BCUT2D eigenvalue weighted by Gasteiger charge is 2.17. The molecule has 0 aliphatic heterocycles. The van der Waals surface area contributed by atoms with Crippen LogP contribution in [-0.2, 0) is 12.8 Å². The Bertz CT molecular complexity index is 1390. The molecule has 5 rings (SSSR count). The van der Waals surface area contributed by atoms with Crippen molar-refractivity contribution < 1.29 is 0 Å². The van der Waals surface area contributed by atoms with Gasteiger partial charge in [0.25, 0.3) is 5.56 Å². The molecule has 0 amide bonds. The first-order valence-electron chi connectivity index (χ1n) is 10.1. The lowest BCUT2D eigenvalue weighted by molar-refractivity contribution is 0.853. The zero-order chi connectivity index (χ0) is 21.2. The predicted molar refractivity (Wildman–Crippen MR) is 125 cm³/mol. The Kier molecular flexibility index (Phi) is 5.14. The maximum Gasteiger partial charge on any atom is 0.272 e. The molecule has 31 heavy (non-hydrogen) atoms. The molecule has 4 nitrogen and oxygen atoms in total. The normalized spacial score (nSPS) is 11.1. The van der Waals surface area contributed by atoms with Crippen molar-refractivity contribution in [2.75, 3.05) is 0 Å². The number of nitrogens with one attached hydrogen (secondary N) is 1. The molecule has 0 atom stereocenters. The van der Waals surface area contributed by atoms with Gasteiger partial charge in [0.05, 0.1) is 5.69 Å². The molecule has 1 N–H and O–H groups in total. The Balaban J connectivity index is 1.68. The van der Waals surface area contributed by atoms with E-state index in [1.807, 2.05) is 72.8 Å². The van der Waals surface area contributed by atoms with E-state index in [1.54, 1.807) is 6.07 Å². The summed E-state index contributed by atoms with van der Waals surface area (Å²) < 4.78 is 1.54. The molecule has 152 valence electrons. The average molecular weight is 426 g/mol. The number of rotatable bonds is 5. The van der Waals surface area contributed by atoms with Crippen LogP contribution < -0.4 is 5.56 Å². The summed E-state index contributed by atoms with van der Waals surface area (Å²) in [6.45, 7) is 0. The number of aromatic nitrogens is 3. The van der Waals surface area contributed by atoms with E-state index in [9.17, 15) is 4.79 Å². The lowest BCUT2D eigenvalue weighted by atomic mass is 10.0. The fourth-order valence-corrected chi connectivity index (χ4v) is 4.00. The summed E-state index contributed by atoms with van der Waals surface area (Å²) in [6, 6.07) is 29.5. The first-order valence-corrected chi connectivity index (χ1v) is 10.5. The van der Waals surface area contributed by atoms with E-state index in [4.69, 9.17) is 16.6 Å². The molecule has 5 heteroatoms. The first-order chi connectivity index (χ1) is 15.2. The number of hydrogen-bond donors (Lipinski definition) is 1. The van der Waals surface area contributed by atoms with Crippen molar-refractivity contribution in [2.24, 2.45) is 0 Å². The smallest absolute Gasteiger partial charge is 0.272 e. The Hall–Kier alpha value is -3.63. The molecule has 0 saturated heterocycles. The largest absolute Gasteiger partial charge is 0.293 e. The summed E-state index contributed by atoms with van der Waals surface area (Å²) in [5, 5.41) is 3.96. The number of hydrogen-bond acceptors (Lipinski definition) is 2. The van der Waals surface area contributed by atoms with E-state index in [1.165, 1.54) is 4.52 Å². The predicted octanol–water partition coefficient (Wildman–Crippen LogP) is 5.52. The molecule has 2 aromatic heterocycles. The highest BCUT2D eigenvalue weighted by Crippen LogP contribution is 2.30. The van der Waals surface area contributed by atoms with Crippen LogP contribution in [0.4, 0.5) is 0 Å². The van der Waals surface area contributed by atoms with Gasteiger partial charge >= 0.3 is 0 Å². The van der Waals surface area contributed by atoms with Gasteiger partial charge in [0, 0.05) is 35.2 Å². The number of halogens is 1. The Morgan fingerprint density at radius 3 is 2.06 bits per heavy atom. The molecule has 0 unspecified atom stereocenters. The van der Waals surface area contributed by atoms with Crippen molar-refractivity contribution in [3.63, 3.8) is 0 Å². The van der Waals surface area contributed by atoms with Crippen molar-refractivity contribution >= 4 is 17.2 Å². The van der Waals surface area contributed by atoms with E-state index in [-0.39, 0.29) is 5.56 Å². The highest BCUT2D eigenvalue weighted by molar-refractivity contribution is 6.30. The van der Waals surface area contributed by atoms with E-state index < -0.39 is 0 Å². The summed E-state index contributed by atoms with van der Waals surface area (Å²) in [5.41, 5.74) is 6.36. The monoisotopic (exact) mass is 425 g/mol. The van der Waals surface area contributed by atoms with Gasteiger partial charge in [0.1, 0.15) is 0 Å². The van der Waals surface area contributed by atoms with Gasteiger partial charge in [-0.3, -0.25) is 9.89 Å². The van der Waals surface area contributed by atoms with Gasteiger partial charge in [0.15, 0.2) is 5.65 Å². The third kappa shape index (κ3) is 4.03. The zero-order valence-corrected chi connectivity index (χ0v) is 17.5. The summed E-state index contributed by atoms with van der Waals surface area (Å²) in [4.78, 5) is 17.9. The molecule has 0 aliphatic rings. The number of nitrogens with zero attached hydrogens (tertiary/aromatic N) is 2. The van der Waals surface area contributed by atoms with Gasteiger partial charge in [-0.05, 0) is 28.8 Å². The molecular weight excluding hydrogens is 406 g/mol. The fourth-order valence-electron chi connectivity index (χ4n) is 3.87. The molecule has 0 spiro atoms. The van der Waals surface area contributed by atoms with Gasteiger partial charge in [-0.1, -0.05) is 84.4 Å².